The van der Waals surface area contributed by atoms with Crippen LogP contribution in [0.2, 0.25) is 0 Å². The fraction of sp³-hybridized carbons (Fsp3) is 0.697. The Morgan fingerprint density at radius 1 is 1.02 bits per heavy atom. The van der Waals surface area contributed by atoms with E-state index in [0.29, 0.717) is 5.89 Å². The number of amides is 1. The average Bonchev–Trinajstić information content (AvgIpc) is 3.41. The number of rotatable bonds is 2. The first kappa shape index (κ1) is 28.1. The highest BCUT2D eigenvalue weighted by molar-refractivity contribution is 6.03. The van der Waals surface area contributed by atoms with E-state index in [-0.39, 0.29) is 57.2 Å². The summed E-state index contributed by atoms with van der Waals surface area (Å²) in [6, 6.07) is 0. The Kier molecular flexibility index (Phi) is 5.66. The molecule has 1 amide bonds. The molecule has 2 N–H and O–H groups in total. The Bertz CT molecular complexity index is 1500. The minimum Gasteiger partial charge on any atom is -0.416 e. The van der Waals surface area contributed by atoms with Crippen molar-refractivity contribution in [2.75, 3.05) is 0 Å². The van der Waals surface area contributed by atoms with Crippen LogP contribution in [0.25, 0.3) is 4.85 Å². The van der Waals surface area contributed by atoms with Gasteiger partial charge < -0.3 is 14.9 Å². The Morgan fingerprint density at radius 3 is 2.34 bits per heavy atom. The lowest BCUT2D eigenvalue weighted by atomic mass is 9.34. The van der Waals surface area contributed by atoms with Crippen LogP contribution in [0.1, 0.15) is 110 Å². The normalized spacial score (nSPS) is 44.8. The molecule has 5 aliphatic carbocycles. The monoisotopic (exact) mass is 558 g/mol. The predicted molar refractivity (Wildman–Crippen MR) is 152 cm³/mol. The zero-order chi connectivity index (χ0) is 30.0. The maximum atomic E-state index is 14.5. The molecule has 0 unspecified atom stereocenters. The molecule has 3 fully saturated rings. The molecule has 1 aromatic rings. The second-order valence-corrected chi connectivity index (χ2v) is 15.6. The van der Waals surface area contributed by atoms with Crippen molar-refractivity contribution >= 4 is 17.5 Å². The molecule has 0 bridgehead atoms. The SMILES string of the molecule is [C-]#[N+]C1=C[C@]2(C)C3=CC(=O)[C@@H]4[C@@H]5C[C@@](C)(c6nnc(C(N)=O)o6)CC[C@]5(C)CC[C@@]4(C)[C@]3(C)CC[C@H]2C(C)(C)C1=O. The van der Waals surface area contributed by atoms with Crippen molar-refractivity contribution in [3.05, 3.63) is 46.6 Å². The van der Waals surface area contributed by atoms with Gasteiger partial charge in [0.2, 0.25) is 11.6 Å². The molecule has 0 radical (unpaired) electrons. The van der Waals surface area contributed by atoms with Crippen molar-refractivity contribution < 1.29 is 18.8 Å². The van der Waals surface area contributed by atoms with E-state index in [1.165, 1.54) is 0 Å². The summed E-state index contributed by atoms with van der Waals surface area (Å²) in [6.07, 6.45) is 10.1. The summed E-state index contributed by atoms with van der Waals surface area (Å²) < 4.78 is 5.76. The number of carbonyl (C=O) groups excluding carboxylic acids is 3. The van der Waals surface area contributed by atoms with Gasteiger partial charge in [0.25, 0.3) is 0 Å². The molecule has 8 atom stereocenters. The Labute approximate surface area is 242 Å². The number of Topliss-reactive ketones (excluding diaryl/α,β-unsaturated/α-hetero) is 1. The molecule has 0 spiro atoms. The second kappa shape index (κ2) is 8.26. The number of hydrogen-bond acceptors (Lipinski definition) is 6. The van der Waals surface area contributed by atoms with E-state index < -0.39 is 22.2 Å². The van der Waals surface area contributed by atoms with Crippen LogP contribution in [0, 0.1) is 51.4 Å². The number of fused-ring (bicyclic) bond motifs is 7. The number of hydrogen-bond donors (Lipinski definition) is 1. The van der Waals surface area contributed by atoms with Crippen LogP contribution in [0.5, 0.6) is 0 Å². The Morgan fingerprint density at radius 2 is 1.71 bits per heavy atom. The topological polar surface area (TPSA) is 121 Å². The summed E-state index contributed by atoms with van der Waals surface area (Å²) in [5, 5.41) is 8.12. The molecule has 8 heteroatoms. The molecule has 1 heterocycles. The van der Waals surface area contributed by atoms with E-state index in [1.807, 2.05) is 26.0 Å². The van der Waals surface area contributed by atoms with Crippen molar-refractivity contribution in [2.24, 2.45) is 50.6 Å². The first-order valence-corrected chi connectivity index (χ1v) is 15.0. The third-order valence-electron chi connectivity index (χ3n) is 13.2. The van der Waals surface area contributed by atoms with Gasteiger partial charge in [-0.25, -0.2) is 4.85 Å². The summed E-state index contributed by atoms with van der Waals surface area (Å²) in [5.74, 6) is -0.444. The number of aromatic nitrogens is 2. The van der Waals surface area contributed by atoms with Gasteiger partial charge in [-0.2, -0.15) is 0 Å². The minimum absolute atomic E-state index is 0.00507. The number of nitrogens with zero attached hydrogens (tertiary/aromatic N) is 3. The summed E-state index contributed by atoms with van der Waals surface area (Å²) >= 11 is 0. The molecule has 0 aromatic carbocycles. The van der Waals surface area contributed by atoms with E-state index in [1.54, 1.807) is 0 Å². The summed E-state index contributed by atoms with van der Waals surface area (Å²) in [6.45, 7) is 23.0. The van der Waals surface area contributed by atoms with Crippen LogP contribution in [-0.4, -0.2) is 27.7 Å². The molecule has 0 aliphatic heterocycles. The fourth-order valence-corrected chi connectivity index (χ4v) is 10.4. The molecular formula is C33H42N4O4. The van der Waals surface area contributed by atoms with E-state index in [9.17, 15) is 14.4 Å². The highest BCUT2D eigenvalue weighted by Crippen LogP contribution is 2.74. The van der Waals surface area contributed by atoms with Crippen molar-refractivity contribution in [1.82, 2.24) is 10.2 Å². The van der Waals surface area contributed by atoms with Crippen LogP contribution in [0.4, 0.5) is 0 Å². The van der Waals surface area contributed by atoms with Gasteiger partial charge in [-0.1, -0.05) is 60.1 Å². The van der Waals surface area contributed by atoms with Crippen molar-refractivity contribution in [1.29, 1.82) is 0 Å². The molecule has 41 heavy (non-hydrogen) atoms. The zero-order valence-electron chi connectivity index (χ0n) is 25.4. The minimum atomic E-state index is -0.738. The molecule has 218 valence electrons. The third kappa shape index (κ3) is 3.41. The van der Waals surface area contributed by atoms with Gasteiger partial charge in [0.1, 0.15) is 0 Å². The number of allylic oxidation sites excluding steroid dienone is 4. The summed E-state index contributed by atoms with van der Waals surface area (Å²) in [7, 11) is 0. The molecule has 8 nitrogen and oxygen atoms in total. The quantitative estimate of drug-likeness (QED) is 0.445. The lowest BCUT2D eigenvalue weighted by Crippen LogP contribution is -2.64. The standard InChI is InChI=1S/C33H42N4O4/c1-28(2)21-9-10-32(6)22(31(21,5)17-19(35-8)24(28)39)15-20(38)23-18-16-30(4,27-37-36-26(41-27)25(34)40)12-11-29(18,3)13-14-33(23,32)7/h15,17-18,21,23H,9-14,16H2,1-7H3,(H2,34,40)/t18-,21-,23-,29+,30-,31-,32+,33+/m0/s1. The highest BCUT2D eigenvalue weighted by atomic mass is 16.4. The summed E-state index contributed by atoms with van der Waals surface area (Å²) in [5.41, 5.74) is 4.51. The molecule has 0 saturated heterocycles. The average molecular weight is 559 g/mol. The molecule has 1 aromatic heterocycles. The first-order valence-electron chi connectivity index (χ1n) is 15.0. The van der Waals surface area contributed by atoms with Gasteiger partial charge in [0.05, 0.1) is 6.57 Å². The van der Waals surface area contributed by atoms with Gasteiger partial charge in [0.15, 0.2) is 11.6 Å². The predicted octanol–water partition coefficient (Wildman–Crippen LogP) is 5.99. The van der Waals surface area contributed by atoms with Crippen LogP contribution >= 0.6 is 0 Å². The zero-order valence-corrected chi connectivity index (χ0v) is 25.4. The van der Waals surface area contributed by atoms with Crippen LogP contribution in [0.15, 0.2) is 27.8 Å². The highest BCUT2D eigenvalue weighted by Gasteiger charge is 2.69. The number of carbonyl (C=O) groups is 3. The van der Waals surface area contributed by atoms with Gasteiger partial charge in [0, 0.05) is 22.2 Å². The van der Waals surface area contributed by atoms with E-state index >= 15 is 0 Å². The van der Waals surface area contributed by atoms with Gasteiger partial charge >= 0.3 is 11.8 Å². The second-order valence-electron chi connectivity index (χ2n) is 15.6. The molecule has 5 aliphatic rings. The molecule has 3 saturated carbocycles. The van der Waals surface area contributed by atoms with E-state index in [4.69, 9.17) is 16.7 Å². The van der Waals surface area contributed by atoms with Gasteiger partial charge in [-0.3, -0.25) is 9.59 Å². The molecular weight excluding hydrogens is 516 g/mol. The summed E-state index contributed by atoms with van der Waals surface area (Å²) in [4.78, 5) is 43.1. The third-order valence-corrected chi connectivity index (χ3v) is 13.2. The number of primary amides is 1. The Balaban J connectivity index is 1.46. The largest absolute Gasteiger partial charge is 0.416 e. The van der Waals surface area contributed by atoms with Gasteiger partial charge in [-0.15, -0.1) is 10.2 Å². The maximum Gasteiger partial charge on any atom is 0.306 e. The number of nitrogens with two attached hydrogens (primary N) is 1. The smallest absolute Gasteiger partial charge is 0.306 e. The lowest BCUT2D eigenvalue weighted by molar-refractivity contribution is -0.166. The lowest BCUT2D eigenvalue weighted by Gasteiger charge is -2.69. The van der Waals surface area contributed by atoms with Gasteiger partial charge in [-0.05, 0) is 79.1 Å². The van der Waals surface area contributed by atoms with E-state index in [2.05, 4.69) is 49.7 Å². The number of ketones is 2. The van der Waals surface area contributed by atoms with Crippen molar-refractivity contribution in [3.63, 3.8) is 0 Å². The fourth-order valence-electron chi connectivity index (χ4n) is 10.4. The van der Waals surface area contributed by atoms with Crippen LogP contribution in [-0.2, 0) is 15.0 Å². The maximum absolute atomic E-state index is 14.5. The van der Waals surface area contributed by atoms with E-state index in [0.717, 1.165) is 50.5 Å². The first-order chi connectivity index (χ1) is 19.0. The van der Waals surface area contributed by atoms with Crippen molar-refractivity contribution in [2.45, 2.75) is 98.8 Å². The van der Waals surface area contributed by atoms with Crippen LogP contribution in [0.3, 0.4) is 0 Å². The Hall–Kier alpha value is -3.08. The van der Waals surface area contributed by atoms with Crippen molar-refractivity contribution in [3.8, 4) is 0 Å². The van der Waals surface area contributed by atoms with Crippen LogP contribution < -0.4 is 5.73 Å². The molecule has 6 rings (SSSR count).